The van der Waals surface area contributed by atoms with E-state index in [1.54, 1.807) is 13.3 Å². The number of aromatic nitrogens is 2. The van der Waals surface area contributed by atoms with Crippen LogP contribution in [0.5, 0.6) is 0 Å². The van der Waals surface area contributed by atoms with Gasteiger partial charge in [-0.05, 0) is 24.2 Å². The topological polar surface area (TPSA) is 50.1 Å². The summed E-state index contributed by atoms with van der Waals surface area (Å²) in [6.07, 6.45) is 4.39. The van der Waals surface area contributed by atoms with Crippen LogP contribution in [0.4, 0.5) is 0 Å². The Kier molecular flexibility index (Phi) is 7.24. The maximum Gasteiger partial charge on any atom is 0.268 e. The second-order valence-corrected chi connectivity index (χ2v) is 6.48. The van der Waals surface area contributed by atoms with Crippen LogP contribution in [0.1, 0.15) is 27.2 Å². The van der Waals surface area contributed by atoms with Crippen LogP contribution in [0.15, 0.2) is 51.6 Å². The zero-order chi connectivity index (χ0) is 19.1. The molecule has 3 aromatic rings. The number of aromatic amines is 1. The molecule has 4 nitrogen and oxygen atoms in total. The molecule has 0 fully saturated rings. The van der Waals surface area contributed by atoms with Crippen molar-refractivity contribution < 1.29 is 0 Å². The predicted molar refractivity (Wildman–Crippen MR) is 117 cm³/mol. The minimum Gasteiger partial charge on any atom is -0.323 e. The summed E-state index contributed by atoms with van der Waals surface area (Å²) in [4.78, 5) is 21.2. The highest BCUT2D eigenvalue weighted by Gasteiger charge is 2.15. The summed E-state index contributed by atoms with van der Waals surface area (Å²) in [5.74, 6) is 0. The van der Waals surface area contributed by atoms with Gasteiger partial charge in [0, 0.05) is 24.2 Å². The van der Waals surface area contributed by atoms with Crippen LogP contribution in [0.2, 0.25) is 0 Å². The Hall–Kier alpha value is -2.31. The Labute approximate surface area is 162 Å². The molecular formula is C20H23N3OS2. The number of nitrogens with one attached hydrogen (secondary N) is 1. The highest BCUT2D eigenvalue weighted by molar-refractivity contribution is 7.71. The van der Waals surface area contributed by atoms with E-state index in [1.165, 1.54) is 15.9 Å². The predicted octanol–water partition coefficient (Wildman–Crippen LogP) is 5.77. The lowest BCUT2D eigenvalue weighted by molar-refractivity contribution is 0.976. The van der Waals surface area contributed by atoms with Gasteiger partial charge in [0.2, 0.25) is 0 Å². The number of thiophene rings is 1. The number of rotatable bonds is 4. The quantitative estimate of drug-likeness (QED) is 0.458. The summed E-state index contributed by atoms with van der Waals surface area (Å²) in [5.41, 5.74) is 2.51. The molecular weight excluding hydrogens is 362 g/mol. The normalized spacial score (nSPS) is 11.6. The van der Waals surface area contributed by atoms with Crippen molar-refractivity contribution in [3.8, 4) is 11.1 Å². The van der Waals surface area contributed by atoms with Crippen molar-refractivity contribution in [1.29, 1.82) is 0 Å². The van der Waals surface area contributed by atoms with Crippen LogP contribution in [-0.2, 0) is 0 Å². The van der Waals surface area contributed by atoms with Crippen LogP contribution in [0.25, 0.3) is 27.0 Å². The van der Waals surface area contributed by atoms with E-state index in [0.29, 0.717) is 15.9 Å². The number of fused-ring (bicyclic) bond motifs is 1. The summed E-state index contributed by atoms with van der Waals surface area (Å²) in [7, 11) is 1.68. The SMILES string of the molecule is CC.CC/C=C(\C=NC)n1c(=S)[nH]c2scc(-c3ccccc3)c2c1=O. The largest absolute Gasteiger partial charge is 0.323 e. The summed E-state index contributed by atoms with van der Waals surface area (Å²) < 4.78 is 1.90. The number of nitrogens with zero attached hydrogens (tertiary/aromatic N) is 2. The van der Waals surface area contributed by atoms with E-state index in [-0.39, 0.29) is 5.56 Å². The monoisotopic (exact) mass is 385 g/mol. The minimum atomic E-state index is -0.117. The third-order valence-electron chi connectivity index (χ3n) is 3.65. The number of allylic oxidation sites excluding steroid dienone is 2. The van der Waals surface area contributed by atoms with Gasteiger partial charge >= 0.3 is 0 Å². The molecule has 0 saturated carbocycles. The van der Waals surface area contributed by atoms with Crippen LogP contribution in [0, 0.1) is 4.77 Å². The van der Waals surface area contributed by atoms with Gasteiger partial charge in [0.1, 0.15) is 4.83 Å². The van der Waals surface area contributed by atoms with Gasteiger partial charge in [-0.2, -0.15) is 0 Å². The average molecular weight is 386 g/mol. The molecule has 1 N–H and O–H groups in total. The Bertz CT molecular complexity index is 1040. The maximum absolute atomic E-state index is 13.2. The molecule has 0 saturated heterocycles. The van der Waals surface area contributed by atoms with Gasteiger partial charge in [-0.15, -0.1) is 11.3 Å². The van der Waals surface area contributed by atoms with Crippen molar-refractivity contribution in [3.63, 3.8) is 0 Å². The van der Waals surface area contributed by atoms with Crippen LogP contribution in [-0.4, -0.2) is 22.8 Å². The fraction of sp³-hybridized carbons (Fsp3) is 0.250. The smallest absolute Gasteiger partial charge is 0.268 e. The molecule has 26 heavy (non-hydrogen) atoms. The number of hydrogen-bond acceptors (Lipinski definition) is 4. The Morgan fingerprint density at radius 2 is 2.00 bits per heavy atom. The molecule has 2 aromatic heterocycles. The number of H-pyrrole nitrogens is 1. The molecule has 0 aliphatic heterocycles. The fourth-order valence-corrected chi connectivity index (χ4v) is 3.94. The van der Waals surface area contributed by atoms with Crippen molar-refractivity contribution in [2.45, 2.75) is 27.2 Å². The highest BCUT2D eigenvalue weighted by Crippen LogP contribution is 2.30. The summed E-state index contributed by atoms with van der Waals surface area (Å²) in [6, 6.07) is 9.90. The van der Waals surface area contributed by atoms with Crippen LogP contribution in [0.3, 0.4) is 0 Å². The van der Waals surface area contributed by atoms with Crippen molar-refractivity contribution in [2.24, 2.45) is 4.99 Å². The molecule has 136 valence electrons. The zero-order valence-electron chi connectivity index (χ0n) is 15.4. The summed E-state index contributed by atoms with van der Waals surface area (Å²) >= 11 is 6.90. The van der Waals surface area contributed by atoms with E-state index in [4.69, 9.17) is 12.2 Å². The number of benzene rings is 1. The Morgan fingerprint density at radius 3 is 2.62 bits per heavy atom. The average Bonchev–Trinajstić information content (AvgIpc) is 3.08. The first-order valence-corrected chi connectivity index (χ1v) is 9.90. The van der Waals surface area contributed by atoms with Crippen molar-refractivity contribution in [1.82, 2.24) is 9.55 Å². The van der Waals surface area contributed by atoms with E-state index in [2.05, 4.69) is 9.98 Å². The van der Waals surface area contributed by atoms with E-state index < -0.39 is 0 Å². The van der Waals surface area contributed by atoms with Crippen LogP contribution >= 0.6 is 23.6 Å². The number of aliphatic imine (C=N–C) groups is 1. The standard InChI is InChI=1S/C18H17N3OS2.C2H6/c1-3-7-13(10-19-2)21-17(22)15-14(12-8-5-4-6-9-12)11-24-16(15)20-18(21)23;1-2/h4-11H,3H2,1-2H3,(H,20,23);1-2H3/b13-7+,19-10?;. The molecule has 0 aliphatic rings. The first kappa shape index (κ1) is 20.0. The third-order valence-corrected chi connectivity index (χ3v) is 4.83. The summed E-state index contributed by atoms with van der Waals surface area (Å²) in [5, 5.41) is 2.65. The van der Waals surface area contributed by atoms with Gasteiger partial charge in [-0.25, -0.2) is 0 Å². The number of hydrogen-bond donors (Lipinski definition) is 1. The lowest BCUT2D eigenvalue weighted by Gasteiger charge is -2.08. The van der Waals surface area contributed by atoms with E-state index in [1.807, 2.05) is 62.6 Å². The van der Waals surface area contributed by atoms with E-state index in [0.717, 1.165) is 22.4 Å². The molecule has 0 radical (unpaired) electrons. The second kappa shape index (κ2) is 9.40. The lowest BCUT2D eigenvalue weighted by Crippen LogP contribution is -2.22. The first-order valence-electron chi connectivity index (χ1n) is 8.62. The highest BCUT2D eigenvalue weighted by atomic mass is 32.1. The third kappa shape index (κ3) is 3.92. The van der Waals surface area contributed by atoms with E-state index >= 15 is 0 Å². The Balaban J connectivity index is 0.00000117. The van der Waals surface area contributed by atoms with Gasteiger partial charge in [0.15, 0.2) is 4.77 Å². The van der Waals surface area contributed by atoms with E-state index in [9.17, 15) is 4.79 Å². The van der Waals surface area contributed by atoms with Gasteiger partial charge in [0.05, 0.1) is 11.1 Å². The van der Waals surface area contributed by atoms with Gasteiger partial charge in [-0.1, -0.05) is 57.2 Å². The molecule has 3 rings (SSSR count). The molecule has 0 amide bonds. The minimum absolute atomic E-state index is 0.117. The zero-order valence-corrected chi connectivity index (χ0v) is 17.1. The maximum atomic E-state index is 13.2. The van der Waals surface area contributed by atoms with Crippen molar-refractivity contribution in [3.05, 3.63) is 56.9 Å². The van der Waals surface area contributed by atoms with Crippen LogP contribution < -0.4 is 5.56 Å². The fourth-order valence-electron chi connectivity index (χ4n) is 2.63. The molecule has 0 spiro atoms. The van der Waals surface area contributed by atoms with Crippen molar-refractivity contribution in [2.75, 3.05) is 7.05 Å². The van der Waals surface area contributed by atoms with Crippen molar-refractivity contribution >= 4 is 45.7 Å². The molecule has 0 bridgehead atoms. The Morgan fingerprint density at radius 1 is 1.31 bits per heavy atom. The van der Waals surface area contributed by atoms with Gasteiger partial charge < -0.3 is 4.98 Å². The first-order chi connectivity index (χ1) is 12.7. The summed E-state index contributed by atoms with van der Waals surface area (Å²) in [6.45, 7) is 6.01. The van der Waals surface area contributed by atoms with Gasteiger partial charge in [-0.3, -0.25) is 14.4 Å². The van der Waals surface area contributed by atoms with Gasteiger partial charge in [0.25, 0.3) is 5.56 Å². The molecule has 1 aromatic carbocycles. The second-order valence-electron chi connectivity index (χ2n) is 5.21. The molecule has 0 atom stereocenters. The molecule has 6 heteroatoms. The molecule has 0 unspecified atom stereocenters. The molecule has 2 heterocycles. The lowest BCUT2D eigenvalue weighted by atomic mass is 10.1. The molecule has 0 aliphatic carbocycles.